The van der Waals surface area contributed by atoms with Crippen molar-refractivity contribution < 1.29 is 0 Å². The molecule has 1 aromatic heterocycles. The molecule has 0 amide bonds. The SMILES string of the molecule is CCNC(C)(C#N)CCn1c(CC#N)nc2ccccc21. The van der Waals surface area contributed by atoms with Crippen molar-refractivity contribution in [1.82, 2.24) is 14.9 Å². The third kappa shape index (κ3) is 3.21. The summed E-state index contributed by atoms with van der Waals surface area (Å²) < 4.78 is 2.05. The lowest BCUT2D eigenvalue weighted by atomic mass is 10.00. The van der Waals surface area contributed by atoms with Crippen LogP contribution >= 0.6 is 0 Å². The fraction of sp³-hybridized carbons (Fsp3) is 0.438. The normalized spacial score (nSPS) is 13.5. The van der Waals surface area contributed by atoms with E-state index in [2.05, 4.69) is 22.4 Å². The fourth-order valence-electron chi connectivity index (χ4n) is 2.49. The van der Waals surface area contributed by atoms with Crippen LogP contribution < -0.4 is 5.32 Å². The van der Waals surface area contributed by atoms with Gasteiger partial charge in [0.1, 0.15) is 11.4 Å². The fourth-order valence-corrected chi connectivity index (χ4v) is 2.49. The molecular weight excluding hydrogens is 262 g/mol. The van der Waals surface area contributed by atoms with Gasteiger partial charge in [-0.1, -0.05) is 19.1 Å². The number of nitrogens with zero attached hydrogens (tertiary/aromatic N) is 4. The molecule has 5 nitrogen and oxygen atoms in total. The highest BCUT2D eigenvalue weighted by Crippen LogP contribution is 2.19. The van der Waals surface area contributed by atoms with E-state index in [1.807, 2.05) is 42.7 Å². The number of benzene rings is 1. The zero-order valence-electron chi connectivity index (χ0n) is 12.4. The Labute approximate surface area is 124 Å². The Balaban J connectivity index is 2.31. The number of nitriles is 2. The predicted octanol–water partition coefficient (Wildman–Crippen LogP) is 2.38. The average Bonchev–Trinajstić information content (AvgIpc) is 2.83. The highest BCUT2D eigenvalue weighted by Gasteiger charge is 2.23. The molecule has 0 spiro atoms. The molecule has 0 saturated carbocycles. The first-order valence-corrected chi connectivity index (χ1v) is 7.11. The van der Waals surface area contributed by atoms with E-state index in [9.17, 15) is 5.26 Å². The first-order chi connectivity index (χ1) is 10.1. The van der Waals surface area contributed by atoms with Crippen molar-refractivity contribution in [2.45, 2.75) is 38.8 Å². The highest BCUT2D eigenvalue weighted by molar-refractivity contribution is 5.75. The van der Waals surface area contributed by atoms with Crippen LogP contribution in [0.5, 0.6) is 0 Å². The first-order valence-electron chi connectivity index (χ1n) is 7.11. The lowest BCUT2D eigenvalue weighted by molar-refractivity contribution is 0.401. The first kappa shape index (κ1) is 15.0. The Kier molecular flexibility index (Phi) is 4.57. The van der Waals surface area contributed by atoms with Crippen molar-refractivity contribution in [2.75, 3.05) is 6.54 Å². The van der Waals surface area contributed by atoms with E-state index in [-0.39, 0.29) is 6.42 Å². The Hall–Kier alpha value is -2.37. The molecule has 1 N–H and O–H groups in total. The van der Waals surface area contributed by atoms with Gasteiger partial charge in [-0.05, 0) is 32.0 Å². The van der Waals surface area contributed by atoms with E-state index < -0.39 is 5.54 Å². The minimum atomic E-state index is -0.565. The van der Waals surface area contributed by atoms with E-state index >= 15 is 0 Å². The van der Waals surface area contributed by atoms with Crippen LogP contribution in [0.3, 0.4) is 0 Å². The molecular formula is C16H19N5. The van der Waals surface area contributed by atoms with Crippen LogP contribution in [0.1, 0.15) is 26.1 Å². The van der Waals surface area contributed by atoms with Crippen molar-refractivity contribution in [3.63, 3.8) is 0 Å². The average molecular weight is 281 g/mol. The smallest absolute Gasteiger partial charge is 0.124 e. The molecule has 108 valence electrons. The molecule has 1 aromatic carbocycles. The molecule has 5 heteroatoms. The Morgan fingerprint density at radius 1 is 1.33 bits per heavy atom. The van der Waals surface area contributed by atoms with Gasteiger partial charge in [0.05, 0.1) is 29.6 Å². The van der Waals surface area contributed by atoms with E-state index in [1.165, 1.54) is 0 Å². The molecule has 1 unspecified atom stereocenters. The van der Waals surface area contributed by atoms with Crippen LogP contribution in [0.15, 0.2) is 24.3 Å². The summed E-state index contributed by atoms with van der Waals surface area (Å²) in [6, 6.07) is 12.3. The maximum atomic E-state index is 9.34. The van der Waals surface area contributed by atoms with Gasteiger partial charge in [-0.2, -0.15) is 10.5 Å². The van der Waals surface area contributed by atoms with Gasteiger partial charge in [-0.3, -0.25) is 5.32 Å². The van der Waals surface area contributed by atoms with Gasteiger partial charge in [0.2, 0.25) is 0 Å². The zero-order chi connectivity index (χ0) is 15.3. The van der Waals surface area contributed by atoms with Gasteiger partial charge in [-0.25, -0.2) is 4.98 Å². The van der Waals surface area contributed by atoms with Crippen LogP contribution in [0.25, 0.3) is 11.0 Å². The lowest BCUT2D eigenvalue weighted by Gasteiger charge is -2.23. The summed E-state index contributed by atoms with van der Waals surface area (Å²) in [5, 5.41) is 21.5. The van der Waals surface area contributed by atoms with Crippen LogP contribution in [0, 0.1) is 22.7 Å². The summed E-state index contributed by atoms with van der Waals surface area (Å²) in [4.78, 5) is 4.51. The lowest BCUT2D eigenvalue weighted by Crippen LogP contribution is -2.41. The third-order valence-corrected chi connectivity index (χ3v) is 3.62. The standard InChI is InChI=1S/C16H19N5/c1-3-19-16(2,12-18)9-11-21-14-7-5-4-6-13(14)20-15(21)8-10-17/h4-7,19H,3,8-9,11H2,1-2H3. The second kappa shape index (κ2) is 6.39. The highest BCUT2D eigenvalue weighted by atomic mass is 15.1. The minimum absolute atomic E-state index is 0.277. The van der Waals surface area contributed by atoms with Crippen LogP contribution in [0.4, 0.5) is 0 Å². The molecule has 1 atom stereocenters. The molecule has 2 rings (SSSR count). The summed E-state index contributed by atoms with van der Waals surface area (Å²) in [7, 11) is 0. The third-order valence-electron chi connectivity index (χ3n) is 3.62. The number of aromatic nitrogens is 2. The van der Waals surface area contributed by atoms with Gasteiger partial charge >= 0.3 is 0 Å². The van der Waals surface area contributed by atoms with Crippen LogP contribution in [0.2, 0.25) is 0 Å². The van der Waals surface area contributed by atoms with Crippen LogP contribution in [-0.2, 0) is 13.0 Å². The number of aryl methyl sites for hydroxylation is 1. The van der Waals surface area contributed by atoms with E-state index in [0.29, 0.717) is 13.0 Å². The number of hydrogen-bond donors (Lipinski definition) is 1. The maximum absolute atomic E-state index is 9.34. The summed E-state index contributed by atoms with van der Waals surface area (Å²) in [5.41, 5.74) is 1.34. The number of nitrogens with one attached hydrogen (secondary N) is 1. The molecule has 0 aliphatic rings. The second-order valence-electron chi connectivity index (χ2n) is 5.23. The van der Waals surface area contributed by atoms with Gasteiger partial charge in [0.15, 0.2) is 0 Å². The number of fused-ring (bicyclic) bond motifs is 1. The van der Waals surface area contributed by atoms with Crippen molar-refractivity contribution in [1.29, 1.82) is 10.5 Å². The summed E-state index contributed by atoms with van der Waals surface area (Å²) in [5.74, 6) is 0.760. The molecule has 2 aromatic rings. The van der Waals surface area contributed by atoms with Crippen LogP contribution in [-0.4, -0.2) is 21.6 Å². The van der Waals surface area contributed by atoms with Gasteiger partial charge in [-0.15, -0.1) is 0 Å². The van der Waals surface area contributed by atoms with Crippen molar-refractivity contribution >= 4 is 11.0 Å². The number of rotatable bonds is 6. The number of hydrogen-bond acceptors (Lipinski definition) is 4. The van der Waals surface area contributed by atoms with Crippen molar-refractivity contribution in [3.05, 3.63) is 30.1 Å². The van der Waals surface area contributed by atoms with E-state index in [0.717, 1.165) is 23.4 Å². The zero-order valence-corrected chi connectivity index (χ0v) is 12.4. The molecule has 0 radical (unpaired) electrons. The number of imidazole rings is 1. The van der Waals surface area contributed by atoms with Gasteiger partial charge in [0, 0.05) is 6.54 Å². The maximum Gasteiger partial charge on any atom is 0.124 e. The topological polar surface area (TPSA) is 77.4 Å². The summed E-state index contributed by atoms with van der Waals surface area (Å²) in [6.07, 6.45) is 0.940. The Morgan fingerprint density at radius 3 is 2.76 bits per heavy atom. The van der Waals surface area contributed by atoms with Crippen molar-refractivity contribution in [2.24, 2.45) is 0 Å². The van der Waals surface area contributed by atoms with Crippen molar-refractivity contribution in [3.8, 4) is 12.1 Å². The largest absolute Gasteiger partial charge is 0.327 e. The molecule has 0 aliphatic carbocycles. The predicted molar refractivity (Wildman–Crippen MR) is 81.4 cm³/mol. The minimum Gasteiger partial charge on any atom is -0.327 e. The second-order valence-corrected chi connectivity index (χ2v) is 5.23. The van der Waals surface area contributed by atoms with Gasteiger partial charge in [0.25, 0.3) is 0 Å². The molecule has 0 fully saturated rings. The summed E-state index contributed by atoms with van der Waals surface area (Å²) in [6.45, 7) is 5.30. The monoisotopic (exact) mass is 281 g/mol. The molecule has 21 heavy (non-hydrogen) atoms. The molecule has 1 heterocycles. The Bertz CT molecular complexity index is 704. The van der Waals surface area contributed by atoms with E-state index in [1.54, 1.807) is 0 Å². The number of para-hydroxylation sites is 2. The molecule has 0 bridgehead atoms. The molecule has 0 saturated heterocycles. The summed E-state index contributed by atoms with van der Waals surface area (Å²) >= 11 is 0. The van der Waals surface area contributed by atoms with Gasteiger partial charge < -0.3 is 4.57 Å². The quantitative estimate of drug-likeness (QED) is 0.882. The molecule has 0 aliphatic heterocycles. The Morgan fingerprint density at radius 2 is 2.10 bits per heavy atom. The van der Waals surface area contributed by atoms with E-state index in [4.69, 9.17) is 5.26 Å².